The number of amides is 1. The van der Waals surface area contributed by atoms with Gasteiger partial charge in [-0.15, -0.1) is 0 Å². The van der Waals surface area contributed by atoms with Gasteiger partial charge in [-0.3, -0.25) is 19.7 Å². The maximum atomic E-state index is 12.5. The van der Waals surface area contributed by atoms with E-state index in [1.165, 1.54) is 6.07 Å². The van der Waals surface area contributed by atoms with Crippen LogP contribution in [0, 0.1) is 23.0 Å². The summed E-state index contributed by atoms with van der Waals surface area (Å²) in [5, 5.41) is 14.1. The fraction of sp³-hybridized carbons (Fsp3) is 0.417. The highest BCUT2D eigenvalue weighted by Gasteiger charge is 2.29. The minimum atomic E-state index is -0.406. The first kappa shape index (κ1) is 23.2. The van der Waals surface area contributed by atoms with Crippen LogP contribution in [0.15, 0.2) is 42.5 Å². The molecule has 0 aromatic heterocycles. The van der Waals surface area contributed by atoms with Crippen LogP contribution in [-0.4, -0.2) is 36.5 Å². The molecule has 1 heterocycles. The number of nitrogens with one attached hydrogen (secondary N) is 1. The van der Waals surface area contributed by atoms with Gasteiger partial charge in [0.2, 0.25) is 0 Å². The largest absolute Gasteiger partial charge is 0.455 e. The van der Waals surface area contributed by atoms with Gasteiger partial charge in [0.05, 0.1) is 10.8 Å². The number of nitrogens with zero attached hydrogens (tertiary/aromatic N) is 2. The van der Waals surface area contributed by atoms with Gasteiger partial charge in [-0.1, -0.05) is 44.2 Å². The second-order valence-corrected chi connectivity index (χ2v) is 8.36. The van der Waals surface area contributed by atoms with E-state index in [0.717, 1.165) is 16.8 Å². The van der Waals surface area contributed by atoms with E-state index in [9.17, 15) is 19.7 Å². The third kappa shape index (κ3) is 5.43. The van der Waals surface area contributed by atoms with Crippen LogP contribution in [0.3, 0.4) is 0 Å². The topological polar surface area (TPSA) is 102 Å². The molecule has 1 aliphatic heterocycles. The van der Waals surface area contributed by atoms with Crippen molar-refractivity contribution in [2.75, 3.05) is 29.9 Å². The van der Waals surface area contributed by atoms with E-state index in [-0.39, 0.29) is 30.0 Å². The molecule has 2 aromatic rings. The molecular formula is C24H29N3O5. The highest BCUT2D eigenvalue weighted by molar-refractivity contribution is 5.94. The Morgan fingerprint density at radius 1 is 1.16 bits per heavy atom. The Balaban J connectivity index is 1.52. The summed E-state index contributed by atoms with van der Waals surface area (Å²) in [7, 11) is 0. The summed E-state index contributed by atoms with van der Waals surface area (Å²) in [6.07, 6.45) is 1.03. The highest BCUT2D eigenvalue weighted by Crippen LogP contribution is 2.31. The fourth-order valence-electron chi connectivity index (χ4n) is 4.01. The molecule has 170 valence electrons. The van der Waals surface area contributed by atoms with Gasteiger partial charge >= 0.3 is 5.97 Å². The summed E-state index contributed by atoms with van der Waals surface area (Å²) in [5.74, 6) is -0.854. The first-order valence-electron chi connectivity index (χ1n) is 10.8. The number of carbonyl (C=O) groups is 2. The number of esters is 1. The SMILES string of the molecule is Cc1cccc(C(C)C)c1NC(=O)COC(=O)C1CCN(c2ccccc2[N+](=O)[O-])CC1. The maximum absolute atomic E-state index is 12.5. The average molecular weight is 440 g/mol. The van der Waals surface area contributed by atoms with Crippen LogP contribution in [0.25, 0.3) is 0 Å². The maximum Gasteiger partial charge on any atom is 0.309 e. The molecule has 0 atom stereocenters. The fourth-order valence-corrected chi connectivity index (χ4v) is 4.01. The van der Waals surface area contributed by atoms with Crippen molar-refractivity contribution in [3.05, 3.63) is 63.7 Å². The molecule has 8 nitrogen and oxygen atoms in total. The number of hydrogen-bond acceptors (Lipinski definition) is 6. The number of benzene rings is 2. The van der Waals surface area contributed by atoms with Crippen LogP contribution in [0.2, 0.25) is 0 Å². The molecule has 8 heteroatoms. The summed E-state index contributed by atoms with van der Waals surface area (Å²) in [5.41, 5.74) is 3.37. The summed E-state index contributed by atoms with van der Waals surface area (Å²) < 4.78 is 5.28. The van der Waals surface area contributed by atoms with Crippen LogP contribution < -0.4 is 10.2 Å². The van der Waals surface area contributed by atoms with Crippen LogP contribution in [0.5, 0.6) is 0 Å². The molecule has 0 aliphatic carbocycles. The first-order chi connectivity index (χ1) is 15.3. The van der Waals surface area contributed by atoms with E-state index < -0.39 is 10.9 Å². The number of nitro benzene ring substituents is 1. The van der Waals surface area contributed by atoms with Crippen molar-refractivity contribution in [2.45, 2.75) is 39.5 Å². The summed E-state index contributed by atoms with van der Waals surface area (Å²) in [4.78, 5) is 37.7. The molecule has 1 amide bonds. The van der Waals surface area contributed by atoms with Crippen molar-refractivity contribution in [1.29, 1.82) is 0 Å². The van der Waals surface area contributed by atoms with E-state index in [0.29, 0.717) is 31.6 Å². The number of carbonyl (C=O) groups excluding carboxylic acids is 2. The third-order valence-electron chi connectivity index (χ3n) is 5.78. The van der Waals surface area contributed by atoms with Crippen LogP contribution in [0.1, 0.15) is 43.7 Å². The molecule has 32 heavy (non-hydrogen) atoms. The number of para-hydroxylation sites is 3. The van der Waals surface area contributed by atoms with Gasteiger partial charge in [0.15, 0.2) is 6.61 Å². The minimum Gasteiger partial charge on any atom is -0.455 e. The number of hydrogen-bond donors (Lipinski definition) is 1. The van der Waals surface area contributed by atoms with Crippen LogP contribution in [-0.2, 0) is 14.3 Å². The molecule has 1 saturated heterocycles. The molecule has 1 fully saturated rings. The van der Waals surface area contributed by atoms with Gasteiger partial charge < -0.3 is 15.0 Å². The summed E-state index contributed by atoms with van der Waals surface area (Å²) >= 11 is 0. The molecule has 0 bridgehead atoms. The zero-order valence-electron chi connectivity index (χ0n) is 18.7. The lowest BCUT2D eigenvalue weighted by Gasteiger charge is -2.32. The van der Waals surface area contributed by atoms with Crippen molar-refractivity contribution < 1.29 is 19.2 Å². The average Bonchev–Trinajstić information content (AvgIpc) is 2.78. The van der Waals surface area contributed by atoms with Crippen molar-refractivity contribution in [1.82, 2.24) is 0 Å². The molecule has 1 N–H and O–H groups in total. The monoisotopic (exact) mass is 439 g/mol. The predicted octanol–water partition coefficient (Wildman–Crippen LogP) is 4.42. The Bertz CT molecular complexity index is 997. The normalized spacial score (nSPS) is 14.3. The standard InChI is InChI=1S/C24H29N3O5/c1-16(2)19-8-6-7-17(3)23(19)25-22(28)15-32-24(29)18-11-13-26(14-12-18)20-9-4-5-10-21(20)27(30)31/h4-10,16,18H,11-15H2,1-3H3,(H,25,28). The number of rotatable bonds is 7. The quantitative estimate of drug-likeness (QED) is 0.389. The molecule has 2 aromatic carbocycles. The van der Waals surface area contributed by atoms with Crippen LogP contribution >= 0.6 is 0 Å². The molecule has 3 rings (SSSR count). The smallest absolute Gasteiger partial charge is 0.309 e. The Morgan fingerprint density at radius 2 is 1.84 bits per heavy atom. The molecule has 0 spiro atoms. The molecule has 0 unspecified atom stereocenters. The second-order valence-electron chi connectivity index (χ2n) is 8.36. The Kier molecular flexibility index (Phi) is 7.45. The van der Waals surface area contributed by atoms with E-state index in [1.54, 1.807) is 18.2 Å². The third-order valence-corrected chi connectivity index (χ3v) is 5.78. The molecule has 0 radical (unpaired) electrons. The Hall–Kier alpha value is -3.42. The van der Waals surface area contributed by atoms with Crippen molar-refractivity contribution >= 4 is 28.9 Å². The van der Waals surface area contributed by atoms with E-state index in [4.69, 9.17) is 4.74 Å². The number of piperidine rings is 1. The van der Waals surface area contributed by atoms with Crippen molar-refractivity contribution in [3.63, 3.8) is 0 Å². The minimum absolute atomic E-state index is 0.0576. The van der Waals surface area contributed by atoms with Crippen molar-refractivity contribution in [3.8, 4) is 0 Å². The predicted molar refractivity (Wildman–Crippen MR) is 123 cm³/mol. The Labute approximate surface area is 187 Å². The number of anilines is 2. The van der Waals surface area contributed by atoms with Gasteiger partial charge in [-0.2, -0.15) is 0 Å². The lowest BCUT2D eigenvalue weighted by molar-refractivity contribution is -0.384. The second kappa shape index (κ2) is 10.3. The first-order valence-corrected chi connectivity index (χ1v) is 10.8. The van der Waals surface area contributed by atoms with E-state index in [1.807, 2.05) is 30.0 Å². The zero-order chi connectivity index (χ0) is 23.3. The van der Waals surface area contributed by atoms with Gasteiger partial charge in [0.1, 0.15) is 5.69 Å². The van der Waals surface area contributed by atoms with E-state index >= 15 is 0 Å². The zero-order valence-corrected chi connectivity index (χ0v) is 18.7. The lowest BCUT2D eigenvalue weighted by Crippen LogP contribution is -2.37. The van der Waals surface area contributed by atoms with E-state index in [2.05, 4.69) is 19.2 Å². The Morgan fingerprint density at radius 3 is 2.50 bits per heavy atom. The van der Waals surface area contributed by atoms with Gasteiger partial charge in [0.25, 0.3) is 11.6 Å². The molecule has 0 saturated carbocycles. The summed E-state index contributed by atoms with van der Waals surface area (Å²) in [6.45, 7) is 6.73. The number of aryl methyl sites for hydroxylation is 1. The lowest BCUT2D eigenvalue weighted by atomic mass is 9.96. The van der Waals surface area contributed by atoms with Gasteiger partial charge in [-0.25, -0.2) is 0 Å². The number of nitro groups is 1. The van der Waals surface area contributed by atoms with Crippen molar-refractivity contribution in [2.24, 2.45) is 5.92 Å². The summed E-state index contributed by atoms with van der Waals surface area (Å²) in [6, 6.07) is 12.5. The molecule has 1 aliphatic rings. The number of ether oxygens (including phenoxy) is 1. The highest BCUT2D eigenvalue weighted by atomic mass is 16.6. The molecular weight excluding hydrogens is 410 g/mol. The van der Waals surface area contributed by atoms with Crippen LogP contribution in [0.4, 0.5) is 17.1 Å². The van der Waals surface area contributed by atoms with Gasteiger partial charge in [-0.05, 0) is 42.9 Å². The van der Waals surface area contributed by atoms with Gasteiger partial charge in [0, 0.05) is 24.8 Å².